The summed E-state index contributed by atoms with van der Waals surface area (Å²) in [5, 5.41) is 2.84. The molecule has 0 saturated carbocycles. The number of carbonyl (C=O) groups excluding carboxylic acids is 2. The van der Waals surface area contributed by atoms with Gasteiger partial charge in [0.15, 0.2) is 0 Å². The number of halogens is 2. The standard InChI is InChI=1S/C23H29BrFN3O4S/c1-16(22(30)26-23(2,3)4)27(14-17-10-12-18(24)13-11-17)21(29)15-28(33(5,31)32)20-9-7-6-8-19(20)25/h6-13,16H,14-15H2,1-5H3,(H,26,30). The number of nitrogens with zero attached hydrogens (tertiary/aromatic N) is 2. The molecule has 1 atom stereocenters. The molecule has 0 aliphatic rings. The van der Waals surface area contributed by atoms with E-state index in [-0.39, 0.29) is 18.1 Å². The zero-order valence-electron chi connectivity index (χ0n) is 19.3. The third-order valence-corrected chi connectivity index (χ3v) is 6.39. The van der Waals surface area contributed by atoms with Crippen LogP contribution >= 0.6 is 15.9 Å². The Kier molecular flexibility index (Phi) is 8.64. The highest BCUT2D eigenvalue weighted by atomic mass is 79.9. The topological polar surface area (TPSA) is 86.8 Å². The van der Waals surface area contributed by atoms with Gasteiger partial charge in [0.2, 0.25) is 21.8 Å². The molecule has 2 amide bonds. The molecule has 0 aliphatic heterocycles. The lowest BCUT2D eigenvalue weighted by Crippen LogP contribution is -2.54. The minimum Gasteiger partial charge on any atom is -0.350 e. The fourth-order valence-electron chi connectivity index (χ4n) is 3.09. The summed E-state index contributed by atoms with van der Waals surface area (Å²) in [6.07, 6.45) is 0.904. The molecule has 180 valence electrons. The normalized spacial score (nSPS) is 12.7. The summed E-state index contributed by atoms with van der Waals surface area (Å²) in [6.45, 7) is 6.46. The van der Waals surface area contributed by atoms with E-state index in [0.717, 1.165) is 22.4 Å². The summed E-state index contributed by atoms with van der Waals surface area (Å²) in [5.74, 6) is -1.79. The molecule has 0 spiro atoms. The van der Waals surface area contributed by atoms with Crippen molar-refractivity contribution < 1.29 is 22.4 Å². The molecule has 1 N–H and O–H groups in total. The SMILES string of the molecule is CC(C(=O)NC(C)(C)C)N(Cc1ccc(Br)cc1)C(=O)CN(c1ccccc1F)S(C)(=O)=O. The number of carbonyl (C=O) groups is 2. The summed E-state index contributed by atoms with van der Waals surface area (Å²) in [4.78, 5) is 27.5. The van der Waals surface area contributed by atoms with E-state index in [4.69, 9.17) is 0 Å². The molecule has 33 heavy (non-hydrogen) atoms. The average Bonchev–Trinajstić information content (AvgIpc) is 2.69. The van der Waals surface area contributed by atoms with Gasteiger partial charge in [0.05, 0.1) is 11.9 Å². The molecule has 0 radical (unpaired) electrons. The summed E-state index contributed by atoms with van der Waals surface area (Å²) in [6, 6.07) is 11.6. The summed E-state index contributed by atoms with van der Waals surface area (Å²) < 4.78 is 40.8. The van der Waals surface area contributed by atoms with E-state index in [1.54, 1.807) is 31.2 Å². The maximum atomic E-state index is 14.4. The van der Waals surface area contributed by atoms with Crippen molar-refractivity contribution in [3.05, 3.63) is 64.4 Å². The van der Waals surface area contributed by atoms with Crippen molar-refractivity contribution in [2.24, 2.45) is 0 Å². The monoisotopic (exact) mass is 541 g/mol. The number of amides is 2. The maximum Gasteiger partial charge on any atom is 0.244 e. The van der Waals surface area contributed by atoms with E-state index in [2.05, 4.69) is 21.2 Å². The Bertz CT molecular complexity index is 1100. The van der Waals surface area contributed by atoms with Crippen LogP contribution in [0.3, 0.4) is 0 Å². The fourth-order valence-corrected chi connectivity index (χ4v) is 4.21. The molecule has 0 aliphatic carbocycles. The first kappa shape index (κ1) is 26.8. The van der Waals surface area contributed by atoms with Crippen molar-refractivity contribution in [1.82, 2.24) is 10.2 Å². The van der Waals surface area contributed by atoms with E-state index in [1.165, 1.54) is 23.1 Å². The highest BCUT2D eigenvalue weighted by Gasteiger charge is 2.32. The van der Waals surface area contributed by atoms with Crippen molar-refractivity contribution >= 4 is 43.5 Å². The van der Waals surface area contributed by atoms with Crippen LogP contribution in [0.1, 0.15) is 33.3 Å². The van der Waals surface area contributed by atoms with Crippen LogP contribution in [0.25, 0.3) is 0 Å². The molecule has 10 heteroatoms. The Morgan fingerprint density at radius 1 is 1.09 bits per heavy atom. The number of sulfonamides is 1. The fraction of sp³-hybridized carbons (Fsp3) is 0.391. The first-order chi connectivity index (χ1) is 15.2. The number of nitrogens with one attached hydrogen (secondary N) is 1. The molecule has 7 nitrogen and oxygen atoms in total. The summed E-state index contributed by atoms with van der Waals surface area (Å²) >= 11 is 3.36. The van der Waals surface area contributed by atoms with Crippen LogP contribution in [-0.4, -0.2) is 49.5 Å². The minimum absolute atomic E-state index is 0.0692. The molecule has 0 fully saturated rings. The second-order valence-electron chi connectivity index (χ2n) is 8.78. The Hall–Kier alpha value is -2.46. The minimum atomic E-state index is -3.98. The van der Waals surface area contributed by atoms with Gasteiger partial charge in [0.1, 0.15) is 18.4 Å². The molecular formula is C23H29BrFN3O4S. The molecule has 0 heterocycles. The van der Waals surface area contributed by atoms with Crippen LogP contribution < -0.4 is 9.62 Å². The first-order valence-corrected chi connectivity index (χ1v) is 12.9. The number of benzene rings is 2. The van der Waals surface area contributed by atoms with E-state index >= 15 is 0 Å². The Morgan fingerprint density at radius 2 is 1.67 bits per heavy atom. The molecule has 0 saturated heterocycles. The Balaban J connectivity index is 2.41. The van der Waals surface area contributed by atoms with Gasteiger partial charge in [0, 0.05) is 16.6 Å². The van der Waals surface area contributed by atoms with Gasteiger partial charge in [-0.3, -0.25) is 13.9 Å². The van der Waals surface area contributed by atoms with Gasteiger partial charge < -0.3 is 10.2 Å². The number of hydrogen-bond acceptors (Lipinski definition) is 4. The van der Waals surface area contributed by atoms with Crippen LogP contribution in [0.4, 0.5) is 10.1 Å². The smallest absolute Gasteiger partial charge is 0.244 e. The van der Waals surface area contributed by atoms with Crippen LogP contribution in [0.5, 0.6) is 0 Å². The zero-order valence-corrected chi connectivity index (χ0v) is 21.7. The molecule has 2 rings (SSSR count). The van der Waals surface area contributed by atoms with Gasteiger partial charge in [-0.25, -0.2) is 12.8 Å². The Labute approximate surface area is 203 Å². The molecule has 2 aromatic carbocycles. The van der Waals surface area contributed by atoms with Gasteiger partial charge in [-0.1, -0.05) is 40.2 Å². The Morgan fingerprint density at radius 3 is 2.18 bits per heavy atom. The van der Waals surface area contributed by atoms with E-state index < -0.39 is 39.9 Å². The van der Waals surface area contributed by atoms with Crippen molar-refractivity contribution in [3.63, 3.8) is 0 Å². The molecule has 0 bridgehead atoms. The van der Waals surface area contributed by atoms with Crippen molar-refractivity contribution in [2.45, 2.75) is 45.8 Å². The van der Waals surface area contributed by atoms with E-state index in [1.807, 2.05) is 20.8 Å². The second kappa shape index (κ2) is 10.6. The van der Waals surface area contributed by atoms with E-state index in [9.17, 15) is 22.4 Å². The second-order valence-corrected chi connectivity index (χ2v) is 11.6. The van der Waals surface area contributed by atoms with Gasteiger partial charge in [-0.15, -0.1) is 0 Å². The summed E-state index contributed by atoms with van der Waals surface area (Å²) in [7, 11) is -3.98. The number of hydrogen-bond donors (Lipinski definition) is 1. The first-order valence-electron chi connectivity index (χ1n) is 10.3. The average molecular weight is 542 g/mol. The van der Waals surface area contributed by atoms with Crippen LogP contribution in [0, 0.1) is 5.82 Å². The molecule has 1 unspecified atom stereocenters. The molecule has 2 aromatic rings. The predicted octanol–water partition coefficient (Wildman–Crippen LogP) is 3.69. The lowest BCUT2D eigenvalue weighted by atomic mass is 10.1. The quantitative estimate of drug-likeness (QED) is 0.552. The van der Waals surface area contributed by atoms with Crippen molar-refractivity contribution in [2.75, 3.05) is 17.1 Å². The number of anilines is 1. The third kappa shape index (κ3) is 7.82. The van der Waals surface area contributed by atoms with Crippen LogP contribution in [0.2, 0.25) is 0 Å². The zero-order chi connectivity index (χ0) is 25.0. The van der Waals surface area contributed by atoms with Crippen LogP contribution in [0.15, 0.2) is 53.0 Å². The largest absolute Gasteiger partial charge is 0.350 e. The highest BCUT2D eigenvalue weighted by Crippen LogP contribution is 2.22. The third-order valence-electron chi connectivity index (χ3n) is 4.73. The number of para-hydroxylation sites is 1. The highest BCUT2D eigenvalue weighted by molar-refractivity contribution is 9.10. The summed E-state index contributed by atoms with van der Waals surface area (Å²) in [5.41, 5.74) is -0.00798. The van der Waals surface area contributed by atoms with Crippen molar-refractivity contribution in [1.29, 1.82) is 0 Å². The van der Waals surface area contributed by atoms with Gasteiger partial charge in [-0.2, -0.15) is 0 Å². The van der Waals surface area contributed by atoms with E-state index in [0.29, 0.717) is 4.31 Å². The van der Waals surface area contributed by atoms with Crippen LogP contribution in [-0.2, 0) is 26.2 Å². The van der Waals surface area contributed by atoms with Gasteiger partial charge >= 0.3 is 0 Å². The van der Waals surface area contributed by atoms with Crippen molar-refractivity contribution in [3.8, 4) is 0 Å². The van der Waals surface area contributed by atoms with Gasteiger partial charge in [0.25, 0.3) is 0 Å². The molecular weight excluding hydrogens is 513 g/mol. The molecule has 0 aromatic heterocycles. The maximum absolute atomic E-state index is 14.4. The predicted molar refractivity (Wildman–Crippen MR) is 131 cm³/mol. The lowest BCUT2D eigenvalue weighted by molar-refractivity contribution is -0.140. The number of rotatable bonds is 8. The van der Waals surface area contributed by atoms with Gasteiger partial charge in [-0.05, 0) is 57.5 Å². The lowest BCUT2D eigenvalue weighted by Gasteiger charge is -2.33.